The zero-order valence-corrected chi connectivity index (χ0v) is 14.0. The molecule has 1 aliphatic rings. The highest BCUT2D eigenvalue weighted by Crippen LogP contribution is 2.34. The smallest absolute Gasteiger partial charge is 0.266 e. The second-order valence-corrected chi connectivity index (χ2v) is 6.79. The number of thiocarbonyl (C=S) groups is 1. The van der Waals surface area contributed by atoms with Gasteiger partial charge in [-0.05, 0) is 24.3 Å². The average molecular weight is 353 g/mol. The van der Waals surface area contributed by atoms with Crippen molar-refractivity contribution in [3.05, 3.63) is 65.2 Å². The van der Waals surface area contributed by atoms with Crippen LogP contribution in [0.5, 0.6) is 0 Å². The highest BCUT2D eigenvalue weighted by molar-refractivity contribution is 8.26. The molecule has 3 aromatic rings. The van der Waals surface area contributed by atoms with Gasteiger partial charge in [-0.15, -0.1) is 0 Å². The molecule has 4 rings (SSSR count). The topological polar surface area (TPSA) is 59.2 Å². The number of nitrogens with zero attached hydrogens (tertiary/aromatic N) is 3. The Bertz CT molecular complexity index is 962. The molecule has 0 atom stereocenters. The number of fused-ring (bicyclic) bond motifs is 1. The van der Waals surface area contributed by atoms with E-state index in [4.69, 9.17) is 16.6 Å². The molecular formula is C17H11N3O2S2. The molecule has 24 heavy (non-hydrogen) atoms. The van der Waals surface area contributed by atoms with E-state index in [1.165, 1.54) is 11.8 Å². The molecule has 0 spiro atoms. The van der Waals surface area contributed by atoms with Gasteiger partial charge in [0.25, 0.3) is 5.91 Å². The maximum absolute atomic E-state index is 12.7. The Morgan fingerprint density at radius 1 is 1.21 bits per heavy atom. The number of carbonyl (C=O) groups is 1. The van der Waals surface area contributed by atoms with Crippen LogP contribution in [0.25, 0.3) is 17.1 Å². The lowest BCUT2D eigenvalue weighted by atomic mass is 10.1. The lowest BCUT2D eigenvalue weighted by Crippen LogP contribution is -2.27. The summed E-state index contributed by atoms with van der Waals surface area (Å²) in [5, 5.41) is 0. The summed E-state index contributed by atoms with van der Waals surface area (Å²) >= 11 is 6.62. The Morgan fingerprint density at radius 2 is 2.08 bits per heavy atom. The predicted molar refractivity (Wildman–Crippen MR) is 97.0 cm³/mol. The van der Waals surface area contributed by atoms with Crippen molar-refractivity contribution in [3.63, 3.8) is 0 Å². The molecule has 0 radical (unpaired) electrons. The van der Waals surface area contributed by atoms with Crippen LogP contribution in [0.1, 0.15) is 11.3 Å². The molecule has 0 aliphatic carbocycles. The molecule has 1 aliphatic heterocycles. The second kappa shape index (κ2) is 6.18. The van der Waals surface area contributed by atoms with Gasteiger partial charge in [0.2, 0.25) is 0 Å². The van der Waals surface area contributed by atoms with Gasteiger partial charge in [0.05, 0.1) is 28.7 Å². The Balaban J connectivity index is 1.68. The fraction of sp³-hybridized carbons (Fsp3) is 0.0588. The first-order chi connectivity index (χ1) is 11.7. The van der Waals surface area contributed by atoms with E-state index >= 15 is 0 Å². The van der Waals surface area contributed by atoms with Gasteiger partial charge < -0.3 is 4.42 Å². The number of rotatable bonds is 3. The van der Waals surface area contributed by atoms with E-state index in [1.807, 2.05) is 30.3 Å². The summed E-state index contributed by atoms with van der Waals surface area (Å²) < 4.78 is 5.82. The van der Waals surface area contributed by atoms with Crippen LogP contribution in [0.3, 0.4) is 0 Å². The second-order valence-electron chi connectivity index (χ2n) is 5.12. The molecule has 0 unspecified atom stereocenters. The Labute approximate surface area is 147 Å². The quantitative estimate of drug-likeness (QED) is 0.529. The van der Waals surface area contributed by atoms with E-state index in [0.717, 1.165) is 16.6 Å². The lowest BCUT2D eigenvalue weighted by molar-refractivity contribution is -0.122. The average Bonchev–Trinajstić information content (AvgIpc) is 3.20. The molecule has 1 aromatic carbocycles. The van der Waals surface area contributed by atoms with Crippen molar-refractivity contribution in [1.82, 2.24) is 14.9 Å². The van der Waals surface area contributed by atoms with Crippen LogP contribution < -0.4 is 0 Å². The predicted octanol–water partition coefficient (Wildman–Crippen LogP) is 3.62. The summed E-state index contributed by atoms with van der Waals surface area (Å²) in [4.78, 5) is 23.4. The van der Waals surface area contributed by atoms with Crippen LogP contribution in [0.2, 0.25) is 0 Å². The van der Waals surface area contributed by atoms with Crippen LogP contribution in [0.4, 0.5) is 0 Å². The van der Waals surface area contributed by atoms with Crippen LogP contribution in [0, 0.1) is 0 Å². The lowest BCUT2D eigenvalue weighted by Gasteiger charge is -2.11. The number of hydrogen-bond donors (Lipinski definition) is 0. The van der Waals surface area contributed by atoms with E-state index in [-0.39, 0.29) is 5.91 Å². The van der Waals surface area contributed by atoms with Crippen molar-refractivity contribution in [3.8, 4) is 0 Å². The third kappa shape index (κ3) is 2.72. The van der Waals surface area contributed by atoms with Crippen molar-refractivity contribution < 1.29 is 9.21 Å². The molecule has 7 heteroatoms. The number of benzene rings is 1. The van der Waals surface area contributed by atoms with Crippen LogP contribution >= 0.6 is 24.0 Å². The molecule has 0 N–H and O–H groups in total. The number of para-hydroxylation sites is 1. The number of hydrogen-bond acceptors (Lipinski definition) is 6. The number of amides is 1. The van der Waals surface area contributed by atoms with Crippen molar-refractivity contribution >= 4 is 51.3 Å². The maximum atomic E-state index is 12.7. The molecule has 0 bridgehead atoms. The van der Waals surface area contributed by atoms with Crippen molar-refractivity contribution in [2.45, 2.75) is 6.54 Å². The standard InChI is InChI=1S/C17H11N3O2S2/c21-16-14(24-17(23)20(16)10-12-4-2-8-22-12)9-11-3-1-5-13-15(11)19-7-6-18-13/h1-9H,10H2/b14-9-. The molecule has 1 fully saturated rings. The normalized spacial score (nSPS) is 16.5. The largest absolute Gasteiger partial charge is 0.467 e. The van der Waals surface area contributed by atoms with E-state index in [2.05, 4.69) is 9.97 Å². The van der Waals surface area contributed by atoms with Gasteiger partial charge in [0, 0.05) is 18.0 Å². The van der Waals surface area contributed by atoms with Gasteiger partial charge in [-0.1, -0.05) is 36.1 Å². The molecule has 0 saturated carbocycles. The molecule has 1 amide bonds. The molecule has 1 saturated heterocycles. The van der Waals surface area contributed by atoms with Crippen molar-refractivity contribution in [1.29, 1.82) is 0 Å². The third-order valence-corrected chi connectivity index (χ3v) is 4.96. The van der Waals surface area contributed by atoms with E-state index in [9.17, 15) is 4.79 Å². The number of furan rings is 1. The molecule has 3 heterocycles. The Kier molecular flexibility index (Phi) is 3.87. The Morgan fingerprint density at radius 3 is 2.92 bits per heavy atom. The van der Waals surface area contributed by atoms with Crippen LogP contribution in [0.15, 0.2) is 58.3 Å². The summed E-state index contributed by atoms with van der Waals surface area (Å²) in [5.74, 6) is 0.575. The maximum Gasteiger partial charge on any atom is 0.266 e. The van der Waals surface area contributed by atoms with Crippen molar-refractivity contribution in [2.75, 3.05) is 0 Å². The third-order valence-electron chi connectivity index (χ3n) is 3.58. The fourth-order valence-corrected chi connectivity index (χ4v) is 3.71. The summed E-state index contributed by atoms with van der Waals surface area (Å²) in [6, 6.07) is 9.31. The molecule has 2 aromatic heterocycles. The summed E-state index contributed by atoms with van der Waals surface area (Å²) in [7, 11) is 0. The summed E-state index contributed by atoms with van der Waals surface area (Å²) in [5.41, 5.74) is 2.40. The first-order valence-electron chi connectivity index (χ1n) is 7.20. The first kappa shape index (κ1) is 15.0. The first-order valence-corrected chi connectivity index (χ1v) is 8.42. The number of thioether (sulfide) groups is 1. The van der Waals surface area contributed by atoms with Crippen molar-refractivity contribution in [2.24, 2.45) is 0 Å². The minimum absolute atomic E-state index is 0.123. The van der Waals surface area contributed by atoms with Crippen LogP contribution in [-0.4, -0.2) is 25.1 Å². The summed E-state index contributed by atoms with van der Waals surface area (Å²) in [6.07, 6.45) is 6.69. The van der Waals surface area contributed by atoms with Gasteiger partial charge in [0.15, 0.2) is 0 Å². The summed E-state index contributed by atoms with van der Waals surface area (Å²) in [6.45, 7) is 0.338. The zero-order valence-electron chi connectivity index (χ0n) is 12.4. The SMILES string of the molecule is O=C1/C(=C/c2cccc3nccnc23)SC(=S)N1Cc1ccco1. The minimum atomic E-state index is -0.123. The number of carbonyl (C=O) groups excluding carboxylic acids is 1. The van der Waals surface area contributed by atoms with E-state index in [1.54, 1.807) is 29.6 Å². The highest BCUT2D eigenvalue weighted by Gasteiger charge is 2.32. The van der Waals surface area contributed by atoms with Gasteiger partial charge in [-0.25, -0.2) is 0 Å². The van der Waals surface area contributed by atoms with Gasteiger partial charge in [0.1, 0.15) is 10.1 Å². The molecule has 5 nitrogen and oxygen atoms in total. The van der Waals surface area contributed by atoms with Crippen LogP contribution in [-0.2, 0) is 11.3 Å². The fourth-order valence-electron chi connectivity index (χ4n) is 2.47. The molecular weight excluding hydrogens is 342 g/mol. The molecule has 118 valence electrons. The number of aromatic nitrogens is 2. The minimum Gasteiger partial charge on any atom is -0.467 e. The Hall–Kier alpha value is -2.51. The van der Waals surface area contributed by atoms with Gasteiger partial charge in [-0.3, -0.25) is 19.7 Å². The van der Waals surface area contributed by atoms with Gasteiger partial charge >= 0.3 is 0 Å². The monoisotopic (exact) mass is 353 g/mol. The van der Waals surface area contributed by atoms with Gasteiger partial charge in [-0.2, -0.15) is 0 Å². The highest BCUT2D eigenvalue weighted by atomic mass is 32.2. The van der Waals surface area contributed by atoms with E-state index < -0.39 is 0 Å². The zero-order chi connectivity index (χ0) is 16.5. The van der Waals surface area contributed by atoms with E-state index in [0.29, 0.717) is 21.5 Å².